The molecule has 1 aliphatic heterocycles. The molecule has 0 fully saturated rings. The molecule has 1 N–H and O–H groups in total. The summed E-state index contributed by atoms with van der Waals surface area (Å²) in [6.07, 6.45) is 1.46. The molecule has 0 bridgehead atoms. The van der Waals surface area contributed by atoms with E-state index in [4.69, 9.17) is 4.74 Å². The van der Waals surface area contributed by atoms with E-state index in [2.05, 4.69) is 4.72 Å². The smallest absolute Gasteiger partial charge is 0.242 e. The van der Waals surface area contributed by atoms with Crippen LogP contribution in [0.4, 0.5) is 0 Å². The van der Waals surface area contributed by atoms with E-state index in [9.17, 15) is 16.8 Å². The van der Waals surface area contributed by atoms with E-state index in [0.717, 1.165) is 11.8 Å². The lowest BCUT2D eigenvalue weighted by molar-refractivity contribution is 0.263. The Morgan fingerprint density at radius 2 is 1.58 bits per heavy atom. The SMILES string of the molecule is CS(=O)(=O)c1ccccc1S(=O)(=O)N[C@H]1CCOc2ccccc21. The van der Waals surface area contributed by atoms with Crippen molar-refractivity contribution in [3.63, 3.8) is 0 Å². The molecule has 0 aromatic heterocycles. The molecule has 0 spiro atoms. The van der Waals surface area contributed by atoms with Crippen molar-refractivity contribution in [3.05, 3.63) is 54.1 Å². The Bertz CT molecular complexity index is 967. The number of nitrogens with one attached hydrogen (secondary N) is 1. The zero-order valence-electron chi connectivity index (χ0n) is 13.0. The molecule has 8 heteroatoms. The molecule has 1 aliphatic rings. The maximum atomic E-state index is 12.8. The highest BCUT2D eigenvalue weighted by molar-refractivity contribution is 7.93. The largest absolute Gasteiger partial charge is 0.493 e. The van der Waals surface area contributed by atoms with Gasteiger partial charge in [0.15, 0.2) is 9.84 Å². The number of sulfonamides is 1. The second kappa shape index (κ2) is 6.19. The first-order valence-corrected chi connectivity index (χ1v) is 10.7. The Kier molecular flexibility index (Phi) is 4.37. The van der Waals surface area contributed by atoms with Crippen molar-refractivity contribution in [1.82, 2.24) is 4.72 Å². The molecule has 128 valence electrons. The summed E-state index contributed by atoms with van der Waals surface area (Å²) in [6, 6.07) is 12.3. The molecular weight excluding hydrogens is 350 g/mol. The van der Waals surface area contributed by atoms with Crippen molar-refractivity contribution in [2.45, 2.75) is 22.3 Å². The Morgan fingerprint density at radius 3 is 2.29 bits per heavy atom. The quantitative estimate of drug-likeness (QED) is 0.891. The van der Waals surface area contributed by atoms with Crippen LogP contribution in [-0.4, -0.2) is 29.7 Å². The van der Waals surface area contributed by atoms with Crippen molar-refractivity contribution < 1.29 is 21.6 Å². The van der Waals surface area contributed by atoms with E-state index in [1.165, 1.54) is 24.3 Å². The van der Waals surface area contributed by atoms with Crippen LogP contribution in [0.3, 0.4) is 0 Å². The van der Waals surface area contributed by atoms with Gasteiger partial charge in [0.05, 0.1) is 17.5 Å². The highest BCUT2D eigenvalue weighted by Gasteiger charge is 2.29. The van der Waals surface area contributed by atoms with E-state index in [1.54, 1.807) is 18.2 Å². The minimum Gasteiger partial charge on any atom is -0.493 e. The van der Waals surface area contributed by atoms with Gasteiger partial charge >= 0.3 is 0 Å². The number of para-hydroxylation sites is 1. The summed E-state index contributed by atoms with van der Waals surface area (Å²) in [7, 11) is -7.66. The van der Waals surface area contributed by atoms with Gasteiger partial charge in [-0.05, 0) is 18.2 Å². The fourth-order valence-corrected chi connectivity index (χ4v) is 5.57. The molecule has 24 heavy (non-hydrogen) atoms. The Hall–Kier alpha value is -1.90. The van der Waals surface area contributed by atoms with Crippen molar-refractivity contribution in [2.75, 3.05) is 12.9 Å². The van der Waals surface area contributed by atoms with Gasteiger partial charge in [0, 0.05) is 18.2 Å². The number of hydrogen-bond donors (Lipinski definition) is 1. The van der Waals surface area contributed by atoms with Gasteiger partial charge in [0.1, 0.15) is 10.6 Å². The van der Waals surface area contributed by atoms with Crippen LogP contribution < -0.4 is 9.46 Å². The summed E-state index contributed by atoms with van der Waals surface area (Å²) in [5, 5.41) is 0. The summed E-state index contributed by atoms with van der Waals surface area (Å²) < 4.78 is 57.4. The summed E-state index contributed by atoms with van der Waals surface area (Å²) in [5.74, 6) is 0.632. The molecule has 0 aliphatic carbocycles. The average Bonchev–Trinajstić information content (AvgIpc) is 2.54. The molecule has 0 saturated carbocycles. The predicted molar refractivity (Wildman–Crippen MR) is 89.2 cm³/mol. The van der Waals surface area contributed by atoms with Crippen LogP contribution in [0.1, 0.15) is 18.0 Å². The van der Waals surface area contributed by atoms with Crippen LogP contribution in [0.5, 0.6) is 5.75 Å². The zero-order valence-corrected chi connectivity index (χ0v) is 14.6. The highest BCUT2D eigenvalue weighted by atomic mass is 32.2. The molecule has 0 unspecified atom stereocenters. The molecule has 0 saturated heterocycles. The Labute approximate surface area is 141 Å². The summed E-state index contributed by atoms with van der Waals surface area (Å²) in [5.41, 5.74) is 0.740. The third-order valence-electron chi connectivity index (χ3n) is 3.79. The van der Waals surface area contributed by atoms with E-state index in [0.29, 0.717) is 18.8 Å². The van der Waals surface area contributed by atoms with Gasteiger partial charge in [-0.25, -0.2) is 21.6 Å². The summed E-state index contributed by atoms with van der Waals surface area (Å²) >= 11 is 0. The number of rotatable bonds is 4. The van der Waals surface area contributed by atoms with Gasteiger partial charge in [0.2, 0.25) is 10.0 Å². The number of benzene rings is 2. The lowest BCUT2D eigenvalue weighted by Gasteiger charge is -2.26. The number of ether oxygens (including phenoxy) is 1. The minimum atomic E-state index is -4.00. The molecular formula is C16H17NO5S2. The monoisotopic (exact) mass is 367 g/mol. The van der Waals surface area contributed by atoms with Gasteiger partial charge in [-0.1, -0.05) is 30.3 Å². The molecule has 3 rings (SSSR count). The first-order chi connectivity index (χ1) is 11.3. The van der Waals surface area contributed by atoms with Crippen LogP contribution >= 0.6 is 0 Å². The summed E-state index contributed by atoms with van der Waals surface area (Å²) in [6.45, 7) is 0.387. The maximum Gasteiger partial charge on any atom is 0.242 e. The molecule has 0 radical (unpaired) electrons. The van der Waals surface area contributed by atoms with Crippen molar-refractivity contribution in [1.29, 1.82) is 0 Å². The van der Waals surface area contributed by atoms with Crippen molar-refractivity contribution in [2.24, 2.45) is 0 Å². The van der Waals surface area contributed by atoms with Crippen LogP contribution in [-0.2, 0) is 19.9 Å². The number of hydrogen-bond acceptors (Lipinski definition) is 5. The molecule has 2 aromatic carbocycles. The van der Waals surface area contributed by atoms with E-state index in [1.807, 2.05) is 6.07 Å². The van der Waals surface area contributed by atoms with Gasteiger partial charge < -0.3 is 4.74 Å². The van der Waals surface area contributed by atoms with Crippen LogP contribution in [0, 0.1) is 0 Å². The lowest BCUT2D eigenvalue weighted by atomic mass is 10.0. The van der Waals surface area contributed by atoms with Crippen LogP contribution in [0.25, 0.3) is 0 Å². The summed E-state index contributed by atoms with van der Waals surface area (Å²) in [4.78, 5) is -0.450. The van der Waals surface area contributed by atoms with E-state index < -0.39 is 25.9 Å². The fraction of sp³-hybridized carbons (Fsp3) is 0.250. The molecule has 1 atom stereocenters. The van der Waals surface area contributed by atoms with Gasteiger partial charge in [0.25, 0.3) is 0 Å². The van der Waals surface area contributed by atoms with Gasteiger partial charge in [-0.3, -0.25) is 0 Å². The van der Waals surface area contributed by atoms with Crippen LogP contribution in [0.2, 0.25) is 0 Å². The number of sulfone groups is 1. The molecule has 1 heterocycles. The van der Waals surface area contributed by atoms with Gasteiger partial charge in [-0.2, -0.15) is 0 Å². The fourth-order valence-electron chi connectivity index (χ4n) is 2.69. The Balaban J connectivity index is 2.00. The third kappa shape index (κ3) is 3.31. The van der Waals surface area contributed by atoms with Crippen LogP contribution in [0.15, 0.2) is 58.3 Å². The van der Waals surface area contributed by atoms with Crippen molar-refractivity contribution >= 4 is 19.9 Å². The topological polar surface area (TPSA) is 89.5 Å². The van der Waals surface area contributed by atoms with Crippen molar-refractivity contribution in [3.8, 4) is 5.75 Å². The Morgan fingerprint density at radius 1 is 0.958 bits per heavy atom. The highest BCUT2D eigenvalue weighted by Crippen LogP contribution is 2.33. The second-order valence-electron chi connectivity index (χ2n) is 5.57. The molecule has 2 aromatic rings. The molecule has 6 nitrogen and oxygen atoms in total. The first-order valence-electron chi connectivity index (χ1n) is 7.32. The predicted octanol–water partition coefficient (Wildman–Crippen LogP) is 1.89. The lowest BCUT2D eigenvalue weighted by Crippen LogP contribution is -2.32. The first kappa shape index (κ1) is 16.9. The minimum absolute atomic E-state index is 0.210. The third-order valence-corrected chi connectivity index (χ3v) is 6.61. The van der Waals surface area contributed by atoms with E-state index in [-0.39, 0.29) is 9.79 Å². The normalized spacial score (nSPS) is 17.8. The maximum absolute atomic E-state index is 12.8. The second-order valence-corrected chi connectivity index (χ2v) is 9.23. The molecule has 0 amide bonds. The standard InChI is InChI=1S/C16H17NO5S2/c1-23(18,19)15-8-4-5-9-16(15)24(20,21)17-13-10-11-22-14-7-3-2-6-12(13)14/h2-9,13,17H,10-11H2,1H3/t13-/m0/s1. The van der Waals surface area contributed by atoms with E-state index >= 15 is 0 Å². The van der Waals surface area contributed by atoms with Gasteiger partial charge in [-0.15, -0.1) is 0 Å². The zero-order chi connectivity index (χ0) is 17.4. The number of fused-ring (bicyclic) bond motifs is 1. The average molecular weight is 367 g/mol.